The zero-order valence-electron chi connectivity index (χ0n) is 14.5. The molecule has 0 saturated carbocycles. The van der Waals surface area contributed by atoms with Gasteiger partial charge in [0.2, 0.25) is 10.0 Å². The number of hydrogen-bond donors (Lipinski definition) is 2. The fourth-order valence-electron chi connectivity index (χ4n) is 2.86. The van der Waals surface area contributed by atoms with Crippen molar-refractivity contribution in [1.82, 2.24) is 4.90 Å². The summed E-state index contributed by atoms with van der Waals surface area (Å²) in [5.41, 5.74) is 1.41. The van der Waals surface area contributed by atoms with E-state index in [9.17, 15) is 18.0 Å². The number of carbonyl (C=O) groups excluding carboxylic acids is 2. The third-order valence-corrected chi connectivity index (χ3v) is 5.25. The van der Waals surface area contributed by atoms with Gasteiger partial charge in [-0.2, -0.15) is 0 Å². The van der Waals surface area contributed by atoms with Crippen LogP contribution in [0.5, 0.6) is 0 Å². The number of para-hydroxylation sites is 1. The first kappa shape index (κ1) is 18.9. The van der Waals surface area contributed by atoms with Crippen molar-refractivity contribution in [3.63, 3.8) is 0 Å². The first-order valence-corrected chi connectivity index (χ1v) is 9.92. The molecule has 3 rings (SSSR count). The van der Waals surface area contributed by atoms with Gasteiger partial charge in [-0.25, -0.2) is 13.6 Å². The molecule has 2 aromatic carbocycles. The summed E-state index contributed by atoms with van der Waals surface area (Å²) < 4.78 is 22.5. The second kappa shape index (κ2) is 7.77. The van der Waals surface area contributed by atoms with Gasteiger partial charge in [0.1, 0.15) is 0 Å². The number of hydrogen-bond acceptors (Lipinski definition) is 5. The molecule has 27 heavy (non-hydrogen) atoms. The summed E-state index contributed by atoms with van der Waals surface area (Å²) in [5, 5.41) is 7.51. The number of nitrogens with two attached hydrogens (primary N) is 1. The monoisotopic (exact) mass is 388 g/mol. The predicted molar refractivity (Wildman–Crippen MR) is 102 cm³/mol. The lowest BCUT2D eigenvalue weighted by atomic mass is 10.2. The van der Waals surface area contributed by atoms with Crippen molar-refractivity contribution in [2.24, 2.45) is 5.14 Å². The summed E-state index contributed by atoms with van der Waals surface area (Å²) in [6.45, 7) is 2.19. The second-order valence-electron chi connectivity index (χ2n) is 6.14. The maximum atomic E-state index is 12.4. The number of amides is 2. The van der Waals surface area contributed by atoms with Crippen molar-refractivity contribution in [3.05, 3.63) is 54.6 Å². The SMILES string of the molecule is NS(=O)(=O)c1ccc(NC(=O)C(=O)N2CCN(c3ccccc3)CC2)cc1. The highest BCUT2D eigenvalue weighted by molar-refractivity contribution is 7.89. The Morgan fingerprint density at radius 1 is 0.889 bits per heavy atom. The molecule has 0 bridgehead atoms. The summed E-state index contributed by atoms with van der Waals surface area (Å²) in [6.07, 6.45) is 0. The van der Waals surface area contributed by atoms with Crippen LogP contribution in [0.15, 0.2) is 59.5 Å². The van der Waals surface area contributed by atoms with Crippen LogP contribution in [0, 0.1) is 0 Å². The highest BCUT2D eigenvalue weighted by Crippen LogP contribution is 2.16. The van der Waals surface area contributed by atoms with Crippen LogP contribution in [0.25, 0.3) is 0 Å². The normalized spacial score (nSPS) is 14.7. The number of primary sulfonamides is 1. The fraction of sp³-hybridized carbons (Fsp3) is 0.222. The van der Waals surface area contributed by atoms with Crippen molar-refractivity contribution in [2.45, 2.75) is 4.90 Å². The Morgan fingerprint density at radius 3 is 2.04 bits per heavy atom. The van der Waals surface area contributed by atoms with E-state index in [0.717, 1.165) is 5.69 Å². The molecular formula is C18H20N4O4S. The average Bonchev–Trinajstić information content (AvgIpc) is 2.68. The lowest BCUT2D eigenvalue weighted by Crippen LogP contribution is -2.51. The average molecular weight is 388 g/mol. The van der Waals surface area contributed by atoms with Crippen molar-refractivity contribution in [3.8, 4) is 0 Å². The van der Waals surface area contributed by atoms with Gasteiger partial charge in [-0.15, -0.1) is 0 Å². The van der Waals surface area contributed by atoms with E-state index < -0.39 is 21.8 Å². The third kappa shape index (κ3) is 4.63. The maximum Gasteiger partial charge on any atom is 0.313 e. The molecular weight excluding hydrogens is 368 g/mol. The summed E-state index contributed by atoms with van der Waals surface area (Å²) in [5.74, 6) is -1.37. The Hall–Kier alpha value is -2.91. The van der Waals surface area contributed by atoms with E-state index >= 15 is 0 Å². The van der Waals surface area contributed by atoms with E-state index in [2.05, 4.69) is 10.2 Å². The number of carbonyl (C=O) groups is 2. The topological polar surface area (TPSA) is 113 Å². The summed E-state index contributed by atoms with van der Waals surface area (Å²) in [6, 6.07) is 15.2. The van der Waals surface area contributed by atoms with E-state index in [1.165, 1.54) is 29.2 Å². The number of nitrogens with one attached hydrogen (secondary N) is 1. The molecule has 0 unspecified atom stereocenters. The second-order valence-corrected chi connectivity index (χ2v) is 7.70. The van der Waals surface area contributed by atoms with E-state index in [1.807, 2.05) is 30.3 Å². The Kier molecular flexibility index (Phi) is 5.43. The molecule has 8 nitrogen and oxygen atoms in total. The molecule has 2 amide bonds. The van der Waals surface area contributed by atoms with Crippen molar-refractivity contribution in [2.75, 3.05) is 36.4 Å². The van der Waals surface area contributed by atoms with Gasteiger partial charge in [0.25, 0.3) is 0 Å². The molecule has 0 spiro atoms. The summed E-state index contributed by atoms with van der Waals surface area (Å²) >= 11 is 0. The predicted octanol–water partition coefficient (Wildman–Crippen LogP) is 0.621. The molecule has 0 aromatic heterocycles. The molecule has 9 heteroatoms. The highest BCUT2D eigenvalue weighted by atomic mass is 32.2. The van der Waals surface area contributed by atoms with Crippen LogP contribution < -0.4 is 15.4 Å². The molecule has 1 fully saturated rings. The molecule has 0 aliphatic carbocycles. The van der Waals surface area contributed by atoms with Crippen LogP contribution in [-0.2, 0) is 19.6 Å². The van der Waals surface area contributed by atoms with E-state index in [4.69, 9.17) is 5.14 Å². The van der Waals surface area contributed by atoms with Crippen LogP contribution in [0.2, 0.25) is 0 Å². The van der Waals surface area contributed by atoms with Crippen LogP contribution in [0.3, 0.4) is 0 Å². The van der Waals surface area contributed by atoms with E-state index in [1.54, 1.807) is 0 Å². The number of rotatable bonds is 3. The minimum Gasteiger partial charge on any atom is -0.368 e. The van der Waals surface area contributed by atoms with E-state index in [-0.39, 0.29) is 4.90 Å². The minimum atomic E-state index is -3.80. The molecule has 0 atom stereocenters. The molecule has 1 aliphatic rings. The van der Waals surface area contributed by atoms with Gasteiger partial charge in [0, 0.05) is 37.6 Å². The maximum absolute atomic E-state index is 12.4. The Balaban J connectivity index is 1.56. The largest absolute Gasteiger partial charge is 0.368 e. The molecule has 1 aliphatic heterocycles. The zero-order chi connectivity index (χ0) is 19.4. The summed E-state index contributed by atoms with van der Waals surface area (Å²) in [4.78, 5) is 28.1. The molecule has 3 N–H and O–H groups in total. The molecule has 2 aromatic rings. The standard InChI is InChI=1S/C18H20N4O4S/c19-27(25,26)16-8-6-14(7-9-16)20-17(23)18(24)22-12-10-21(11-13-22)15-4-2-1-3-5-15/h1-9H,10-13H2,(H,20,23)(H2,19,25,26). The number of anilines is 2. The minimum absolute atomic E-state index is 0.0659. The Bertz CT molecular complexity index is 922. The molecule has 0 radical (unpaired) electrons. The van der Waals surface area contributed by atoms with Crippen molar-refractivity contribution < 1.29 is 18.0 Å². The van der Waals surface area contributed by atoms with E-state index in [0.29, 0.717) is 31.9 Å². The lowest BCUT2D eigenvalue weighted by molar-refractivity contribution is -0.143. The van der Waals surface area contributed by atoms with Crippen LogP contribution in [0.1, 0.15) is 0 Å². The van der Waals surface area contributed by atoms with Crippen LogP contribution in [0.4, 0.5) is 11.4 Å². The fourth-order valence-corrected chi connectivity index (χ4v) is 3.38. The number of nitrogens with zero attached hydrogens (tertiary/aromatic N) is 2. The lowest BCUT2D eigenvalue weighted by Gasteiger charge is -2.35. The highest BCUT2D eigenvalue weighted by Gasteiger charge is 2.26. The van der Waals surface area contributed by atoms with Crippen molar-refractivity contribution in [1.29, 1.82) is 0 Å². The van der Waals surface area contributed by atoms with Gasteiger partial charge in [-0.3, -0.25) is 9.59 Å². The van der Waals surface area contributed by atoms with Gasteiger partial charge in [0.15, 0.2) is 0 Å². The van der Waals surface area contributed by atoms with Gasteiger partial charge in [0.05, 0.1) is 4.90 Å². The van der Waals surface area contributed by atoms with Gasteiger partial charge in [-0.1, -0.05) is 18.2 Å². The van der Waals surface area contributed by atoms with Gasteiger partial charge >= 0.3 is 11.8 Å². The first-order chi connectivity index (χ1) is 12.8. The third-order valence-electron chi connectivity index (χ3n) is 4.32. The summed E-state index contributed by atoms with van der Waals surface area (Å²) in [7, 11) is -3.80. The number of sulfonamides is 1. The van der Waals surface area contributed by atoms with Gasteiger partial charge in [-0.05, 0) is 36.4 Å². The quantitative estimate of drug-likeness (QED) is 0.749. The first-order valence-electron chi connectivity index (χ1n) is 8.38. The zero-order valence-corrected chi connectivity index (χ0v) is 15.4. The molecule has 1 heterocycles. The number of piperazine rings is 1. The van der Waals surface area contributed by atoms with Crippen LogP contribution >= 0.6 is 0 Å². The van der Waals surface area contributed by atoms with Crippen LogP contribution in [-0.4, -0.2) is 51.3 Å². The Labute approximate surface area is 157 Å². The smallest absolute Gasteiger partial charge is 0.313 e. The van der Waals surface area contributed by atoms with Crippen molar-refractivity contribution >= 4 is 33.2 Å². The molecule has 142 valence electrons. The molecule has 1 saturated heterocycles. The Morgan fingerprint density at radius 2 is 1.48 bits per heavy atom. The van der Waals surface area contributed by atoms with Gasteiger partial charge < -0.3 is 15.1 Å². The number of benzene rings is 2.